The highest BCUT2D eigenvalue weighted by Crippen LogP contribution is 2.14. The standard InChI is InChI=1S/C24H31N3O/c1-20(16-21-8-4-2-5-9-21)18-27(19-23-12-14-25-15-13-23)24(28)26-17-22-10-6-3-7-11-22/h2-11,16,23,25H,12-15,17-19H2,1H3,(H,26,28)/p+1/b20-16+. The molecule has 0 spiro atoms. The number of benzene rings is 2. The monoisotopic (exact) mass is 378 g/mol. The van der Waals surface area contributed by atoms with Gasteiger partial charge in [-0.05, 0) is 24.0 Å². The van der Waals surface area contributed by atoms with Gasteiger partial charge in [0.15, 0.2) is 0 Å². The predicted octanol–water partition coefficient (Wildman–Crippen LogP) is 3.28. The van der Waals surface area contributed by atoms with E-state index in [0.29, 0.717) is 19.0 Å². The van der Waals surface area contributed by atoms with E-state index in [9.17, 15) is 4.79 Å². The lowest BCUT2D eigenvalue weighted by molar-refractivity contribution is -0.664. The van der Waals surface area contributed by atoms with Gasteiger partial charge in [-0.15, -0.1) is 0 Å². The normalized spacial score (nSPS) is 15.2. The number of nitrogens with two attached hydrogens (primary N) is 1. The number of piperidine rings is 1. The van der Waals surface area contributed by atoms with Crippen LogP contribution in [-0.2, 0) is 6.54 Å². The van der Waals surface area contributed by atoms with Gasteiger partial charge in [0.2, 0.25) is 0 Å². The van der Waals surface area contributed by atoms with Gasteiger partial charge in [-0.1, -0.05) is 72.3 Å². The Hall–Kier alpha value is -2.59. The molecule has 0 unspecified atom stereocenters. The molecule has 1 fully saturated rings. The van der Waals surface area contributed by atoms with Crippen molar-refractivity contribution >= 4 is 12.1 Å². The van der Waals surface area contributed by atoms with Crippen molar-refractivity contribution in [2.45, 2.75) is 26.3 Å². The Morgan fingerprint density at radius 2 is 1.71 bits per heavy atom. The number of hydrogen-bond acceptors (Lipinski definition) is 1. The summed E-state index contributed by atoms with van der Waals surface area (Å²) in [5, 5.41) is 5.48. The van der Waals surface area contributed by atoms with E-state index in [0.717, 1.165) is 12.1 Å². The second-order valence-electron chi connectivity index (χ2n) is 7.74. The Balaban J connectivity index is 1.64. The van der Waals surface area contributed by atoms with Gasteiger partial charge in [-0.25, -0.2) is 4.79 Å². The number of carbonyl (C=O) groups excluding carboxylic acids is 1. The van der Waals surface area contributed by atoms with Crippen LogP contribution in [0, 0.1) is 5.92 Å². The lowest BCUT2D eigenvalue weighted by atomic mass is 9.97. The molecule has 0 radical (unpaired) electrons. The first-order chi connectivity index (χ1) is 13.7. The molecule has 1 heterocycles. The van der Waals surface area contributed by atoms with Crippen molar-refractivity contribution in [1.82, 2.24) is 10.2 Å². The van der Waals surface area contributed by atoms with Crippen molar-refractivity contribution in [2.75, 3.05) is 26.2 Å². The number of amides is 2. The van der Waals surface area contributed by atoms with Crippen LogP contribution >= 0.6 is 0 Å². The first kappa shape index (κ1) is 20.2. The van der Waals surface area contributed by atoms with Crippen LogP contribution in [-0.4, -0.2) is 37.1 Å². The maximum absolute atomic E-state index is 13.0. The average Bonchev–Trinajstić information content (AvgIpc) is 2.74. The third-order valence-electron chi connectivity index (χ3n) is 5.26. The van der Waals surface area contributed by atoms with Crippen LogP contribution in [0.2, 0.25) is 0 Å². The van der Waals surface area contributed by atoms with Crippen LogP contribution in [0.15, 0.2) is 66.2 Å². The van der Waals surface area contributed by atoms with Gasteiger partial charge in [-0.3, -0.25) is 0 Å². The molecule has 2 aromatic carbocycles. The third kappa shape index (κ3) is 6.54. The molecule has 4 heteroatoms. The molecule has 0 atom stereocenters. The summed E-state index contributed by atoms with van der Waals surface area (Å²) < 4.78 is 0. The summed E-state index contributed by atoms with van der Waals surface area (Å²) in [6.07, 6.45) is 4.54. The molecule has 0 saturated carbocycles. The number of carbonyl (C=O) groups is 1. The van der Waals surface area contributed by atoms with Gasteiger partial charge < -0.3 is 15.5 Å². The zero-order valence-corrected chi connectivity index (χ0v) is 16.8. The molecule has 1 saturated heterocycles. The fourth-order valence-electron chi connectivity index (χ4n) is 3.78. The molecular formula is C24H32N3O+. The van der Waals surface area contributed by atoms with E-state index in [1.54, 1.807) is 0 Å². The Kier molecular flexibility index (Phi) is 7.68. The highest BCUT2D eigenvalue weighted by Gasteiger charge is 2.22. The smallest absolute Gasteiger partial charge is 0.317 e. The second kappa shape index (κ2) is 10.7. The fraction of sp³-hybridized carbons (Fsp3) is 0.375. The molecule has 1 aliphatic heterocycles. The molecule has 0 bridgehead atoms. The van der Waals surface area contributed by atoms with Gasteiger partial charge in [0.05, 0.1) is 13.1 Å². The van der Waals surface area contributed by atoms with Crippen LogP contribution < -0.4 is 10.6 Å². The number of hydrogen-bond donors (Lipinski definition) is 2. The van der Waals surface area contributed by atoms with Crippen LogP contribution in [0.3, 0.4) is 0 Å². The molecule has 2 aromatic rings. The van der Waals surface area contributed by atoms with E-state index in [2.05, 4.69) is 35.8 Å². The molecule has 3 rings (SSSR count). The van der Waals surface area contributed by atoms with E-state index in [1.165, 1.54) is 37.1 Å². The van der Waals surface area contributed by atoms with Crippen LogP contribution in [0.1, 0.15) is 30.9 Å². The topological polar surface area (TPSA) is 49.0 Å². The van der Waals surface area contributed by atoms with E-state index in [-0.39, 0.29) is 6.03 Å². The van der Waals surface area contributed by atoms with Gasteiger partial charge in [0.25, 0.3) is 0 Å². The van der Waals surface area contributed by atoms with Crippen molar-refractivity contribution in [3.8, 4) is 0 Å². The van der Waals surface area contributed by atoms with Gasteiger partial charge in [0.1, 0.15) is 0 Å². The molecule has 1 aliphatic rings. The van der Waals surface area contributed by atoms with Gasteiger partial charge >= 0.3 is 6.03 Å². The number of nitrogens with zero attached hydrogens (tertiary/aromatic N) is 1. The molecule has 28 heavy (non-hydrogen) atoms. The summed E-state index contributed by atoms with van der Waals surface area (Å²) in [7, 11) is 0. The van der Waals surface area contributed by atoms with Gasteiger partial charge in [-0.2, -0.15) is 0 Å². The lowest BCUT2D eigenvalue weighted by Crippen LogP contribution is -2.86. The molecule has 0 aromatic heterocycles. The zero-order valence-electron chi connectivity index (χ0n) is 16.8. The van der Waals surface area contributed by atoms with Crippen LogP contribution in [0.4, 0.5) is 4.79 Å². The van der Waals surface area contributed by atoms with Crippen LogP contribution in [0.25, 0.3) is 6.08 Å². The molecule has 3 N–H and O–H groups in total. The van der Waals surface area contributed by atoms with E-state index >= 15 is 0 Å². The van der Waals surface area contributed by atoms with Crippen molar-refractivity contribution in [3.63, 3.8) is 0 Å². The lowest BCUT2D eigenvalue weighted by Gasteiger charge is -2.29. The number of urea groups is 1. The second-order valence-corrected chi connectivity index (χ2v) is 7.74. The van der Waals surface area contributed by atoms with E-state index in [1.807, 2.05) is 53.4 Å². The summed E-state index contributed by atoms with van der Waals surface area (Å²) in [5.74, 6) is 0.594. The summed E-state index contributed by atoms with van der Waals surface area (Å²) in [6.45, 7) is 6.51. The Morgan fingerprint density at radius 3 is 2.39 bits per heavy atom. The maximum atomic E-state index is 13.0. The Labute approximate surface area is 168 Å². The summed E-state index contributed by atoms with van der Waals surface area (Å²) in [5.41, 5.74) is 3.50. The van der Waals surface area contributed by atoms with Crippen molar-refractivity contribution in [3.05, 3.63) is 77.4 Å². The van der Waals surface area contributed by atoms with Crippen molar-refractivity contribution < 1.29 is 10.1 Å². The first-order valence-electron chi connectivity index (χ1n) is 10.3. The molecular weight excluding hydrogens is 346 g/mol. The molecule has 148 valence electrons. The highest BCUT2D eigenvalue weighted by molar-refractivity contribution is 5.74. The van der Waals surface area contributed by atoms with E-state index < -0.39 is 0 Å². The number of nitrogens with one attached hydrogen (secondary N) is 1. The summed E-state index contributed by atoms with van der Waals surface area (Å²) in [6, 6.07) is 20.4. The highest BCUT2D eigenvalue weighted by atomic mass is 16.2. The number of quaternary nitrogens is 1. The van der Waals surface area contributed by atoms with Gasteiger partial charge in [0, 0.05) is 32.5 Å². The molecule has 2 amide bonds. The Morgan fingerprint density at radius 1 is 1.07 bits per heavy atom. The number of rotatable bonds is 7. The summed E-state index contributed by atoms with van der Waals surface area (Å²) in [4.78, 5) is 15.0. The largest absolute Gasteiger partial charge is 0.346 e. The minimum Gasteiger partial charge on any atom is -0.346 e. The van der Waals surface area contributed by atoms with Crippen molar-refractivity contribution in [1.29, 1.82) is 0 Å². The minimum absolute atomic E-state index is 0.0271. The average molecular weight is 379 g/mol. The molecule has 4 nitrogen and oxygen atoms in total. The van der Waals surface area contributed by atoms with Crippen molar-refractivity contribution in [2.24, 2.45) is 5.92 Å². The zero-order chi connectivity index (χ0) is 19.6. The minimum atomic E-state index is 0.0271. The quantitative estimate of drug-likeness (QED) is 0.763. The first-order valence-corrected chi connectivity index (χ1v) is 10.3. The maximum Gasteiger partial charge on any atom is 0.317 e. The third-order valence-corrected chi connectivity index (χ3v) is 5.26. The van der Waals surface area contributed by atoms with E-state index in [4.69, 9.17) is 0 Å². The Bertz CT molecular complexity index is 752. The summed E-state index contributed by atoms with van der Waals surface area (Å²) >= 11 is 0. The van der Waals surface area contributed by atoms with Crippen LogP contribution in [0.5, 0.6) is 0 Å². The SMILES string of the molecule is C/C(=C\c1ccccc1)CN(CC1CC[NH2+]CC1)C(=O)NCc1ccccc1. The predicted molar refractivity (Wildman–Crippen MR) is 115 cm³/mol. The fourth-order valence-corrected chi connectivity index (χ4v) is 3.78. The molecule has 0 aliphatic carbocycles.